The quantitative estimate of drug-likeness (QED) is 0.561. The Hall–Kier alpha value is -1.60. The van der Waals surface area contributed by atoms with Crippen molar-refractivity contribution in [3.63, 3.8) is 0 Å². The summed E-state index contributed by atoms with van der Waals surface area (Å²) < 4.78 is 4.92. The molecule has 0 aliphatic carbocycles. The van der Waals surface area contributed by atoms with Crippen molar-refractivity contribution in [1.82, 2.24) is 25.2 Å². The molecule has 1 N–H and O–H groups in total. The van der Waals surface area contributed by atoms with Gasteiger partial charge in [-0.1, -0.05) is 5.16 Å². The van der Waals surface area contributed by atoms with Gasteiger partial charge in [-0.05, 0) is 34.6 Å². The van der Waals surface area contributed by atoms with Crippen LogP contribution >= 0.6 is 0 Å². The lowest BCUT2D eigenvalue weighted by molar-refractivity contribution is 0.167. The molecular formula is C19H36N6O. The summed E-state index contributed by atoms with van der Waals surface area (Å²) in [5.41, 5.74) is 1.00. The molecule has 0 radical (unpaired) electrons. The predicted molar refractivity (Wildman–Crippen MR) is 106 cm³/mol. The van der Waals surface area contributed by atoms with Gasteiger partial charge in [-0.15, -0.1) is 0 Å². The number of piperazine rings is 1. The third kappa shape index (κ3) is 6.29. The van der Waals surface area contributed by atoms with Crippen molar-refractivity contribution in [3.05, 3.63) is 18.0 Å². The summed E-state index contributed by atoms with van der Waals surface area (Å²) in [6.07, 6.45) is 1.64. The molecule has 7 heteroatoms. The third-order valence-electron chi connectivity index (χ3n) is 4.83. The molecule has 2 heterocycles. The Morgan fingerprint density at radius 2 is 1.92 bits per heavy atom. The zero-order valence-electron chi connectivity index (χ0n) is 17.1. The van der Waals surface area contributed by atoms with Crippen LogP contribution in [-0.2, 0) is 6.54 Å². The topological polar surface area (TPSA) is 60.1 Å². The van der Waals surface area contributed by atoms with Crippen LogP contribution in [0.25, 0.3) is 0 Å². The van der Waals surface area contributed by atoms with Crippen molar-refractivity contribution in [3.8, 4) is 0 Å². The fraction of sp³-hybridized carbons (Fsp3) is 0.789. The van der Waals surface area contributed by atoms with Gasteiger partial charge in [0.2, 0.25) is 0 Å². The number of aromatic nitrogens is 1. The fourth-order valence-corrected chi connectivity index (χ4v) is 3.48. The first kappa shape index (κ1) is 20.7. The number of aliphatic imine (C=N–C) groups is 1. The van der Waals surface area contributed by atoms with Crippen LogP contribution in [0.5, 0.6) is 0 Å². The van der Waals surface area contributed by atoms with E-state index < -0.39 is 0 Å². The maximum atomic E-state index is 4.92. The minimum atomic E-state index is 0.549. The highest BCUT2D eigenvalue weighted by molar-refractivity contribution is 5.80. The normalized spacial score (nSPS) is 16.9. The second-order valence-electron chi connectivity index (χ2n) is 7.41. The van der Waals surface area contributed by atoms with Gasteiger partial charge in [-0.3, -0.25) is 14.8 Å². The molecule has 0 saturated carbocycles. The van der Waals surface area contributed by atoms with Gasteiger partial charge in [-0.25, -0.2) is 0 Å². The molecule has 0 amide bonds. The van der Waals surface area contributed by atoms with Gasteiger partial charge in [0.15, 0.2) is 5.96 Å². The molecule has 0 bridgehead atoms. The van der Waals surface area contributed by atoms with E-state index in [9.17, 15) is 0 Å². The lowest BCUT2D eigenvalue weighted by atomic mass is 10.2. The number of rotatable bonds is 8. The highest BCUT2D eigenvalue weighted by Crippen LogP contribution is 2.08. The number of guanidine groups is 1. The van der Waals surface area contributed by atoms with Gasteiger partial charge in [-0.2, -0.15) is 0 Å². The average molecular weight is 365 g/mol. The molecule has 1 aliphatic heterocycles. The van der Waals surface area contributed by atoms with Crippen molar-refractivity contribution < 1.29 is 4.52 Å². The molecule has 0 unspecified atom stereocenters. The fourth-order valence-electron chi connectivity index (χ4n) is 3.48. The highest BCUT2D eigenvalue weighted by Gasteiger charge is 2.20. The van der Waals surface area contributed by atoms with Gasteiger partial charge in [0.1, 0.15) is 6.26 Å². The molecule has 148 valence electrons. The Balaban J connectivity index is 1.85. The minimum Gasteiger partial charge on any atom is -0.364 e. The predicted octanol–water partition coefficient (Wildman–Crippen LogP) is 1.88. The maximum Gasteiger partial charge on any atom is 0.194 e. The molecule has 0 spiro atoms. The number of hydrogen-bond acceptors (Lipinski definition) is 5. The summed E-state index contributed by atoms with van der Waals surface area (Å²) in [6.45, 7) is 18.7. The highest BCUT2D eigenvalue weighted by atomic mass is 16.5. The van der Waals surface area contributed by atoms with Crippen molar-refractivity contribution >= 4 is 5.96 Å². The Bertz CT molecular complexity index is 512. The summed E-state index contributed by atoms with van der Waals surface area (Å²) in [5.74, 6) is 1.04. The van der Waals surface area contributed by atoms with Crippen LogP contribution in [0.2, 0.25) is 0 Å². The van der Waals surface area contributed by atoms with E-state index in [0.717, 1.165) is 64.0 Å². The van der Waals surface area contributed by atoms with Crippen molar-refractivity contribution in [2.75, 3.05) is 45.8 Å². The Kier molecular flexibility index (Phi) is 8.38. The summed E-state index contributed by atoms with van der Waals surface area (Å²) in [6, 6.07) is 3.04. The minimum absolute atomic E-state index is 0.549. The van der Waals surface area contributed by atoms with Crippen LogP contribution in [0.4, 0.5) is 0 Å². The first-order valence-electron chi connectivity index (χ1n) is 9.91. The molecule has 26 heavy (non-hydrogen) atoms. The van der Waals surface area contributed by atoms with E-state index in [1.165, 1.54) is 0 Å². The first-order chi connectivity index (χ1) is 12.5. The van der Waals surface area contributed by atoms with Gasteiger partial charge < -0.3 is 14.7 Å². The zero-order chi connectivity index (χ0) is 18.9. The first-order valence-corrected chi connectivity index (χ1v) is 9.91. The lowest BCUT2D eigenvalue weighted by Gasteiger charge is -2.36. The van der Waals surface area contributed by atoms with E-state index in [4.69, 9.17) is 9.52 Å². The third-order valence-corrected chi connectivity index (χ3v) is 4.83. The summed E-state index contributed by atoms with van der Waals surface area (Å²) in [5, 5.41) is 7.46. The standard InChI is InChI=1S/C19H36N6O/c1-6-20-19(21-8-9-25(16(2)3)17(4)5)24-12-10-23(11-13-24)15-18-7-14-26-22-18/h7,14,16-17H,6,8-13,15H2,1-5H3,(H,20,21). The molecule has 2 rings (SSSR count). The second-order valence-corrected chi connectivity index (χ2v) is 7.41. The SMILES string of the molecule is CCNC(=NCCN(C(C)C)C(C)C)N1CCN(Cc2ccon2)CC1. The smallest absolute Gasteiger partial charge is 0.194 e. The summed E-state index contributed by atoms with van der Waals surface area (Å²) in [4.78, 5) is 12.2. The summed E-state index contributed by atoms with van der Waals surface area (Å²) in [7, 11) is 0. The van der Waals surface area contributed by atoms with Crippen molar-refractivity contribution in [2.45, 2.75) is 53.2 Å². The van der Waals surface area contributed by atoms with E-state index in [0.29, 0.717) is 12.1 Å². The van der Waals surface area contributed by atoms with Crippen LogP contribution < -0.4 is 5.32 Å². The second kappa shape index (κ2) is 10.5. The summed E-state index contributed by atoms with van der Waals surface area (Å²) >= 11 is 0. The monoisotopic (exact) mass is 364 g/mol. The Labute approximate surface area is 158 Å². The molecule has 0 aromatic carbocycles. The van der Waals surface area contributed by atoms with E-state index >= 15 is 0 Å². The number of hydrogen-bond donors (Lipinski definition) is 1. The van der Waals surface area contributed by atoms with Crippen LogP contribution in [0.15, 0.2) is 21.8 Å². The van der Waals surface area contributed by atoms with Crippen LogP contribution in [-0.4, -0.2) is 83.7 Å². The van der Waals surface area contributed by atoms with Crippen molar-refractivity contribution in [1.29, 1.82) is 0 Å². The Morgan fingerprint density at radius 1 is 1.23 bits per heavy atom. The molecule has 1 aromatic rings. The average Bonchev–Trinajstić information content (AvgIpc) is 3.11. The van der Waals surface area contributed by atoms with E-state index in [1.54, 1.807) is 6.26 Å². The number of nitrogens with zero attached hydrogens (tertiary/aromatic N) is 5. The van der Waals surface area contributed by atoms with Gasteiger partial charge in [0, 0.05) is 64.0 Å². The largest absolute Gasteiger partial charge is 0.364 e. The lowest BCUT2D eigenvalue weighted by Crippen LogP contribution is -2.52. The Morgan fingerprint density at radius 3 is 2.46 bits per heavy atom. The maximum absolute atomic E-state index is 4.92. The van der Waals surface area contributed by atoms with Gasteiger partial charge >= 0.3 is 0 Å². The van der Waals surface area contributed by atoms with Crippen LogP contribution in [0.3, 0.4) is 0 Å². The van der Waals surface area contributed by atoms with E-state index in [2.05, 4.69) is 59.8 Å². The molecule has 1 saturated heterocycles. The molecule has 0 atom stereocenters. The van der Waals surface area contributed by atoms with E-state index in [1.807, 2.05) is 6.07 Å². The molecule has 1 aliphatic rings. The molecule has 1 fully saturated rings. The van der Waals surface area contributed by atoms with Gasteiger partial charge in [0.25, 0.3) is 0 Å². The van der Waals surface area contributed by atoms with Gasteiger partial charge in [0.05, 0.1) is 12.2 Å². The van der Waals surface area contributed by atoms with E-state index in [-0.39, 0.29) is 0 Å². The van der Waals surface area contributed by atoms with Crippen molar-refractivity contribution in [2.24, 2.45) is 4.99 Å². The molecule has 1 aromatic heterocycles. The molecular weight excluding hydrogens is 328 g/mol. The zero-order valence-corrected chi connectivity index (χ0v) is 17.1. The molecule has 7 nitrogen and oxygen atoms in total. The number of nitrogens with one attached hydrogen (secondary N) is 1. The van der Waals surface area contributed by atoms with Crippen LogP contribution in [0, 0.1) is 0 Å². The van der Waals surface area contributed by atoms with Crippen LogP contribution in [0.1, 0.15) is 40.3 Å².